The zero-order valence-electron chi connectivity index (χ0n) is 10.2. The van der Waals surface area contributed by atoms with Gasteiger partial charge in [-0.25, -0.2) is 0 Å². The van der Waals surface area contributed by atoms with E-state index in [4.69, 9.17) is 5.11 Å². The molecule has 3 N–H and O–H groups in total. The summed E-state index contributed by atoms with van der Waals surface area (Å²) in [5, 5.41) is 25.9. The van der Waals surface area contributed by atoms with E-state index in [2.05, 4.69) is 17.3 Å². The summed E-state index contributed by atoms with van der Waals surface area (Å²) in [5.74, 6) is 0. The van der Waals surface area contributed by atoms with Gasteiger partial charge >= 0.3 is 0 Å². The lowest BCUT2D eigenvalue weighted by molar-refractivity contribution is 0.00244. The second-order valence-corrected chi connectivity index (χ2v) is 4.36. The first kappa shape index (κ1) is 13.2. The van der Waals surface area contributed by atoms with Gasteiger partial charge in [-0.15, -0.1) is 0 Å². The molecule has 0 bridgehead atoms. The molecular weight excluding hydrogens is 206 g/mol. The Kier molecular flexibility index (Phi) is 4.46. The largest absolute Gasteiger partial charge is 0.393 e. The summed E-state index contributed by atoms with van der Waals surface area (Å²) in [5.41, 5.74) is 1.07. The Hall–Kier alpha value is -0.910. The Morgan fingerprint density at radius 3 is 2.75 bits per heavy atom. The quantitative estimate of drug-likeness (QED) is 0.630. The minimum atomic E-state index is -1.06. The number of aryl methyl sites for hydroxylation is 2. The molecule has 5 nitrogen and oxygen atoms in total. The Morgan fingerprint density at radius 1 is 1.56 bits per heavy atom. The molecule has 0 fully saturated rings. The van der Waals surface area contributed by atoms with E-state index in [-0.39, 0.29) is 6.61 Å². The van der Waals surface area contributed by atoms with E-state index in [1.165, 1.54) is 0 Å². The Labute approximate surface area is 96.1 Å². The monoisotopic (exact) mass is 227 g/mol. The highest BCUT2D eigenvalue weighted by Gasteiger charge is 2.18. The van der Waals surface area contributed by atoms with Crippen molar-refractivity contribution in [1.82, 2.24) is 15.1 Å². The van der Waals surface area contributed by atoms with Gasteiger partial charge in [0.05, 0.1) is 23.6 Å². The van der Waals surface area contributed by atoms with E-state index >= 15 is 0 Å². The lowest BCUT2D eigenvalue weighted by atomic mass is 10.1. The summed E-state index contributed by atoms with van der Waals surface area (Å²) in [4.78, 5) is 0. The van der Waals surface area contributed by atoms with Gasteiger partial charge in [0.25, 0.3) is 0 Å². The molecule has 1 heterocycles. The number of aliphatic hydroxyl groups is 2. The molecule has 0 spiro atoms. The van der Waals surface area contributed by atoms with Crippen LogP contribution in [0.1, 0.15) is 25.2 Å². The van der Waals surface area contributed by atoms with Crippen LogP contribution in [0, 0.1) is 0 Å². The van der Waals surface area contributed by atoms with Gasteiger partial charge in [-0.2, -0.15) is 5.10 Å². The first-order valence-corrected chi connectivity index (χ1v) is 5.54. The van der Waals surface area contributed by atoms with Crippen molar-refractivity contribution in [2.45, 2.75) is 32.4 Å². The molecule has 1 rings (SSSR count). The third-order valence-corrected chi connectivity index (χ3v) is 2.54. The van der Waals surface area contributed by atoms with Gasteiger partial charge in [0.15, 0.2) is 0 Å². The molecule has 0 aromatic carbocycles. The van der Waals surface area contributed by atoms with Gasteiger partial charge in [0, 0.05) is 20.1 Å². The summed E-state index contributed by atoms with van der Waals surface area (Å²) in [7, 11) is 1.90. The molecule has 1 atom stereocenters. The van der Waals surface area contributed by atoms with Gasteiger partial charge in [0.1, 0.15) is 0 Å². The number of hydrogen-bond acceptors (Lipinski definition) is 4. The normalized spacial score (nSPS) is 15.1. The second kappa shape index (κ2) is 5.43. The molecule has 0 saturated heterocycles. The Balaban J connectivity index is 2.45. The van der Waals surface area contributed by atoms with Crippen LogP contribution in [0.15, 0.2) is 6.07 Å². The summed E-state index contributed by atoms with van der Waals surface area (Å²) >= 11 is 0. The van der Waals surface area contributed by atoms with E-state index in [9.17, 15) is 5.11 Å². The summed E-state index contributed by atoms with van der Waals surface area (Å²) in [6.45, 7) is 4.41. The summed E-state index contributed by atoms with van der Waals surface area (Å²) in [6, 6.07) is 2.04. The Bertz CT molecular complexity index is 334. The first-order chi connectivity index (χ1) is 7.48. The average molecular weight is 227 g/mol. The van der Waals surface area contributed by atoms with Crippen molar-refractivity contribution in [1.29, 1.82) is 0 Å². The molecule has 0 amide bonds. The van der Waals surface area contributed by atoms with Gasteiger partial charge in [-0.1, -0.05) is 6.92 Å². The van der Waals surface area contributed by atoms with Gasteiger partial charge in [0.2, 0.25) is 0 Å². The molecule has 0 aliphatic heterocycles. The van der Waals surface area contributed by atoms with Crippen LogP contribution in [0.5, 0.6) is 0 Å². The number of aliphatic hydroxyl groups excluding tert-OH is 1. The maximum Gasteiger partial charge on any atom is 0.0972 e. The predicted molar refractivity (Wildman–Crippen MR) is 62.0 cm³/mol. The molecule has 1 aromatic heterocycles. The maximum absolute atomic E-state index is 9.59. The standard InChI is InChI=1S/C11H21N3O2/c1-4-9-5-10(14(3)13-9)6-12-7-11(2,16)8-15/h5,12,15-16H,4,6-8H2,1-3H3. The van der Waals surface area contributed by atoms with Gasteiger partial charge in [-0.05, 0) is 19.4 Å². The van der Waals surface area contributed by atoms with E-state index in [0.29, 0.717) is 13.1 Å². The molecule has 1 aromatic rings. The fourth-order valence-corrected chi connectivity index (χ4v) is 1.43. The average Bonchev–Trinajstić information content (AvgIpc) is 2.60. The van der Waals surface area contributed by atoms with Crippen LogP contribution < -0.4 is 5.32 Å². The predicted octanol–water partition coefficient (Wildman–Crippen LogP) is -0.185. The summed E-state index contributed by atoms with van der Waals surface area (Å²) in [6.07, 6.45) is 0.919. The third kappa shape index (κ3) is 3.59. The van der Waals surface area contributed by atoms with Crippen molar-refractivity contribution in [2.75, 3.05) is 13.2 Å². The second-order valence-electron chi connectivity index (χ2n) is 4.36. The van der Waals surface area contributed by atoms with Crippen molar-refractivity contribution < 1.29 is 10.2 Å². The molecule has 1 unspecified atom stereocenters. The lowest BCUT2D eigenvalue weighted by Crippen LogP contribution is -2.40. The molecule has 16 heavy (non-hydrogen) atoms. The van der Waals surface area contributed by atoms with Crippen LogP contribution in [0.3, 0.4) is 0 Å². The summed E-state index contributed by atoms with van der Waals surface area (Å²) < 4.78 is 1.83. The van der Waals surface area contributed by atoms with Crippen LogP contribution in [0.2, 0.25) is 0 Å². The maximum atomic E-state index is 9.59. The van der Waals surface area contributed by atoms with Gasteiger partial charge in [-0.3, -0.25) is 4.68 Å². The van der Waals surface area contributed by atoms with Crippen molar-refractivity contribution in [3.63, 3.8) is 0 Å². The molecule has 0 radical (unpaired) electrons. The van der Waals surface area contributed by atoms with E-state index in [0.717, 1.165) is 17.8 Å². The van der Waals surface area contributed by atoms with Crippen LogP contribution in [-0.2, 0) is 20.0 Å². The van der Waals surface area contributed by atoms with Crippen LogP contribution in [-0.4, -0.2) is 38.7 Å². The van der Waals surface area contributed by atoms with Crippen molar-refractivity contribution in [3.05, 3.63) is 17.5 Å². The van der Waals surface area contributed by atoms with Gasteiger partial charge < -0.3 is 15.5 Å². The van der Waals surface area contributed by atoms with Crippen LogP contribution in [0.25, 0.3) is 0 Å². The highest BCUT2D eigenvalue weighted by Crippen LogP contribution is 2.04. The van der Waals surface area contributed by atoms with Crippen molar-refractivity contribution in [3.8, 4) is 0 Å². The number of nitrogens with one attached hydrogen (secondary N) is 1. The van der Waals surface area contributed by atoms with E-state index in [1.54, 1.807) is 6.92 Å². The highest BCUT2D eigenvalue weighted by atomic mass is 16.3. The topological polar surface area (TPSA) is 70.3 Å². The number of rotatable bonds is 6. The molecule has 92 valence electrons. The molecule has 0 aliphatic rings. The molecule has 5 heteroatoms. The first-order valence-electron chi connectivity index (χ1n) is 5.54. The molecule has 0 saturated carbocycles. The fraction of sp³-hybridized carbons (Fsp3) is 0.727. The molecular formula is C11H21N3O2. The minimum absolute atomic E-state index is 0.244. The Morgan fingerprint density at radius 2 is 2.25 bits per heavy atom. The van der Waals surface area contributed by atoms with E-state index in [1.807, 2.05) is 17.8 Å². The van der Waals surface area contributed by atoms with Crippen LogP contribution >= 0.6 is 0 Å². The lowest BCUT2D eigenvalue weighted by Gasteiger charge is -2.20. The smallest absolute Gasteiger partial charge is 0.0972 e. The number of hydrogen-bond donors (Lipinski definition) is 3. The molecule has 0 aliphatic carbocycles. The van der Waals surface area contributed by atoms with E-state index < -0.39 is 5.60 Å². The zero-order chi connectivity index (χ0) is 12.2. The zero-order valence-corrected chi connectivity index (χ0v) is 10.2. The number of nitrogens with zero attached hydrogens (tertiary/aromatic N) is 2. The fourth-order valence-electron chi connectivity index (χ4n) is 1.43. The van der Waals surface area contributed by atoms with Crippen molar-refractivity contribution in [2.24, 2.45) is 7.05 Å². The highest BCUT2D eigenvalue weighted by molar-refractivity contribution is 5.09. The van der Waals surface area contributed by atoms with Crippen molar-refractivity contribution >= 4 is 0 Å². The minimum Gasteiger partial charge on any atom is -0.393 e. The SMILES string of the molecule is CCc1cc(CNCC(C)(O)CO)n(C)n1. The third-order valence-electron chi connectivity index (χ3n) is 2.54. The number of aromatic nitrogens is 2. The van der Waals surface area contributed by atoms with Crippen LogP contribution in [0.4, 0.5) is 0 Å².